The van der Waals surface area contributed by atoms with Crippen LogP contribution in [0.2, 0.25) is 5.02 Å². The van der Waals surface area contributed by atoms with Gasteiger partial charge in [-0.15, -0.1) is 0 Å². The lowest BCUT2D eigenvalue weighted by atomic mass is 9.92. The Hall–Kier alpha value is -0.770. The predicted octanol–water partition coefficient (Wildman–Crippen LogP) is 3.70. The minimum absolute atomic E-state index is 0.574. The molecule has 1 aliphatic rings. The van der Waals surface area contributed by atoms with Crippen molar-refractivity contribution in [1.82, 2.24) is 5.32 Å². The Balaban J connectivity index is 2.11. The lowest BCUT2D eigenvalue weighted by Gasteiger charge is -2.39. The molecular formula is C17H27ClN2O. The Labute approximate surface area is 133 Å². The number of methoxy groups -OCH3 is 1. The minimum Gasteiger partial charge on any atom is -0.383 e. The summed E-state index contributed by atoms with van der Waals surface area (Å²) in [6, 6.07) is 6.81. The number of nitrogens with zero attached hydrogens (tertiary/aromatic N) is 1. The average molecular weight is 311 g/mol. The smallest absolute Gasteiger partial charge is 0.0587 e. The zero-order valence-electron chi connectivity index (χ0n) is 13.4. The van der Waals surface area contributed by atoms with E-state index in [1.54, 1.807) is 7.11 Å². The van der Waals surface area contributed by atoms with Crippen molar-refractivity contribution in [1.29, 1.82) is 0 Å². The first-order valence-electron chi connectivity index (χ1n) is 7.86. The van der Waals surface area contributed by atoms with Crippen LogP contribution >= 0.6 is 11.6 Å². The van der Waals surface area contributed by atoms with Crippen molar-refractivity contribution in [2.24, 2.45) is 5.92 Å². The number of rotatable bonds is 6. The summed E-state index contributed by atoms with van der Waals surface area (Å²) < 4.78 is 5.08. The van der Waals surface area contributed by atoms with E-state index in [9.17, 15) is 0 Å². The van der Waals surface area contributed by atoms with Crippen molar-refractivity contribution >= 4 is 17.3 Å². The van der Waals surface area contributed by atoms with Gasteiger partial charge in [0.25, 0.3) is 0 Å². The maximum atomic E-state index is 6.23. The number of nitrogens with one attached hydrogen (secondary N) is 1. The van der Waals surface area contributed by atoms with Crippen LogP contribution in [0, 0.1) is 5.92 Å². The van der Waals surface area contributed by atoms with Gasteiger partial charge in [-0.3, -0.25) is 0 Å². The van der Waals surface area contributed by atoms with Gasteiger partial charge in [-0.05, 0) is 43.4 Å². The maximum Gasteiger partial charge on any atom is 0.0587 e. The fourth-order valence-electron chi connectivity index (χ4n) is 3.12. The Morgan fingerprint density at radius 3 is 2.90 bits per heavy atom. The zero-order chi connectivity index (χ0) is 15.2. The zero-order valence-corrected chi connectivity index (χ0v) is 14.1. The molecule has 21 heavy (non-hydrogen) atoms. The van der Waals surface area contributed by atoms with Gasteiger partial charge >= 0.3 is 0 Å². The van der Waals surface area contributed by atoms with E-state index >= 15 is 0 Å². The van der Waals surface area contributed by atoms with Gasteiger partial charge in [0, 0.05) is 43.5 Å². The molecule has 1 aromatic rings. The molecule has 1 aliphatic heterocycles. The summed E-state index contributed by atoms with van der Waals surface area (Å²) in [5.41, 5.74) is 2.60. The molecule has 4 heteroatoms. The van der Waals surface area contributed by atoms with Gasteiger partial charge in [0.1, 0.15) is 0 Å². The predicted molar refractivity (Wildman–Crippen MR) is 90.2 cm³/mol. The van der Waals surface area contributed by atoms with Crippen molar-refractivity contribution in [3.63, 3.8) is 0 Å². The van der Waals surface area contributed by atoms with Crippen LogP contribution < -0.4 is 10.2 Å². The highest BCUT2D eigenvalue weighted by Crippen LogP contribution is 2.32. The van der Waals surface area contributed by atoms with Crippen LogP contribution in [-0.4, -0.2) is 32.8 Å². The first kappa shape index (κ1) is 16.6. The molecule has 1 aromatic carbocycles. The molecule has 118 valence electrons. The highest BCUT2D eigenvalue weighted by Gasteiger charge is 2.24. The van der Waals surface area contributed by atoms with Crippen LogP contribution in [0.3, 0.4) is 0 Å². The SMILES string of the molecule is COCCNCc1ccc(Cl)cc1N1CCC(C)CC1C. The molecular weight excluding hydrogens is 284 g/mol. The van der Waals surface area contributed by atoms with E-state index in [1.165, 1.54) is 24.1 Å². The first-order chi connectivity index (χ1) is 10.1. The van der Waals surface area contributed by atoms with E-state index in [0.29, 0.717) is 6.04 Å². The summed E-state index contributed by atoms with van der Waals surface area (Å²) in [6.45, 7) is 8.24. The number of benzene rings is 1. The molecule has 0 radical (unpaired) electrons. The Morgan fingerprint density at radius 1 is 1.38 bits per heavy atom. The van der Waals surface area contributed by atoms with Gasteiger partial charge in [-0.1, -0.05) is 24.6 Å². The minimum atomic E-state index is 0.574. The topological polar surface area (TPSA) is 24.5 Å². The van der Waals surface area contributed by atoms with Crippen LogP contribution in [0.5, 0.6) is 0 Å². The fourth-order valence-corrected chi connectivity index (χ4v) is 3.28. The van der Waals surface area contributed by atoms with Crippen molar-refractivity contribution in [2.75, 3.05) is 31.7 Å². The molecule has 0 aromatic heterocycles. The lowest BCUT2D eigenvalue weighted by Crippen LogP contribution is -2.41. The standard InChI is InChI=1S/C17H27ClN2O/c1-13-6-8-20(14(2)10-13)17-11-16(18)5-4-15(17)12-19-7-9-21-3/h4-5,11,13-14,19H,6-10,12H2,1-3H3. The second kappa shape index (κ2) is 8.02. The normalized spacial score (nSPS) is 22.6. The number of halogens is 1. The number of hydrogen-bond donors (Lipinski definition) is 1. The lowest BCUT2D eigenvalue weighted by molar-refractivity contribution is 0.199. The Kier molecular flexibility index (Phi) is 6.34. The third kappa shape index (κ3) is 4.60. The number of anilines is 1. The van der Waals surface area contributed by atoms with E-state index in [0.717, 1.165) is 37.2 Å². The summed E-state index contributed by atoms with van der Waals surface area (Å²) in [5, 5.41) is 4.25. The van der Waals surface area contributed by atoms with Gasteiger partial charge in [-0.25, -0.2) is 0 Å². The van der Waals surface area contributed by atoms with Crippen molar-refractivity contribution in [3.8, 4) is 0 Å². The molecule has 0 saturated carbocycles. The van der Waals surface area contributed by atoms with E-state index in [-0.39, 0.29) is 0 Å². The molecule has 2 atom stereocenters. The average Bonchev–Trinajstić information content (AvgIpc) is 2.45. The second-order valence-electron chi connectivity index (χ2n) is 6.11. The third-order valence-electron chi connectivity index (χ3n) is 4.29. The van der Waals surface area contributed by atoms with Gasteiger partial charge in [0.05, 0.1) is 6.61 Å². The molecule has 0 bridgehead atoms. The summed E-state index contributed by atoms with van der Waals surface area (Å²) in [5.74, 6) is 0.818. The molecule has 1 saturated heterocycles. The second-order valence-corrected chi connectivity index (χ2v) is 6.55. The van der Waals surface area contributed by atoms with Crippen LogP contribution in [0.15, 0.2) is 18.2 Å². The number of hydrogen-bond acceptors (Lipinski definition) is 3. The van der Waals surface area contributed by atoms with Gasteiger partial charge in [0.15, 0.2) is 0 Å². The Bertz CT molecular complexity index is 452. The fraction of sp³-hybridized carbons (Fsp3) is 0.647. The van der Waals surface area contributed by atoms with Crippen molar-refractivity contribution in [2.45, 2.75) is 39.3 Å². The maximum absolute atomic E-state index is 6.23. The summed E-state index contributed by atoms with van der Waals surface area (Å²) in [6.07, 6.45) is 2.51. The third-order valence-corrected chi connectivity index (χ3v) is 4.53. The number of ether oxygens (including phenoxy) is 1. The summed E-state index contributed by atoms with van der Waals surface area (Å²) in [4.78, 5) is 2.51. The largest absolute Gasteiger partial charge is 0.383 e. The van der Waals surface area contributed by atoms with E-state index in [1.807, 2.05) is 6.07 Å². The molecule has 0 amide bonds. The van der Waals surface area contributed by atoms with Gasteiger partial charge in [-0.2, -0.15) is 0 Å². The number of piperidine rings is 1. The van der Waals surface area contributed by atoms with Crippen LogP contribution in [0.4, 0.5) is 5.69 Å². The molecule has 1 heterocycles. The monoisotopic (exact) mass is 310 g/mol. The Morgan fingerprint density at radius 2 is 2.19 bits per heavy atom. The van der Waals surface area contributed by atoms with Crippen molar-refractivity contribution < 1.29 is 4.74 Å². The summed E-state index contributed by atoms with van der Waals surface area (Å²) >= 11 is 6.23. The van der Waals surface area contributed by atoms with Crippen molar-refractivity contribution in [3.05, 3.63) is 28.8 Å². The molecule has 0 aliphatic carbocycles. The highest BCUT2D eigenvalue weighted by molar-refractivity contribution is 6.30. The molecule has 1 fully saturated rings. The van der Waals surface area contributed by atoms with E-state index in [4.69, 9.17) is 16.3 Å². The molecule has 0 spiro atoms. The molecule has 1 N–H and O–H groups in total. The highest BCUT2D eigenvalue weighted by atomic mass is 35.5. The summed E-state index contributed by atoms with van der Waals surface area (Å²) in [7, 11) is 1.73. The molecule has 2 rings (SSSR count). The first-order valence-corrected chi connectivity index (χ1v) is 8.24. The quantitative estimate of drug-likeness (QED) is 0.811. The van der Waals surface area contributed by atoms with Crippen LogP contribution in [0.25, 0.3) is 0 Å². The van der Waals surface area contributed by atoms with Gasteiger partial charge in [0.2, 0.25) is 0 Å². The molecule has 3 nitrogen and oxygen atoms in total. The van der Waals surface area contributed by atoms with E-state index < -0.39 is 0 Å². The van der Waals surface area contributed by atoms with Crippen LogP contribution in [0.1, 0.15) is 32.3 Å². The van der Waals surface area contributed by atoms with Crippen LogP contribution in [-0.2, 0) is 11.3 Å². The van der Waals surface area contributed by atoms with Gasteiger partial charge < -0.3 is 15.0 Å². The molecule has 2 unspecified atom stereocenters. The van der Waals surface area contributed by atoms with E-state index in [2.05, 4.69) is 36.2 Å².